The number of carboxylic acids is 1. The van der Waals surface area contributed by atoms with Crippen molar-refractivity contribution in [1.29, 1.82) is 5.26 Å². The maximum atomic E-state index is 10.4. The largest absolute Gasteiger partial charge is 0.481 e. The minimum absolute atomic E-state index is 0.233. The minimum Gasteiger partial charge on any atom is -0.481 e. The van der Waals surface area contributed by atoms with Crippen LogP contribution in [0.4, 0.5) is 0 Å². The molecule has 0 saturated carbocycles. The Morgan fingerprint density at radius 1 is 1.00 bits per heavy atom. The van der Waals surface area contributed by atoms with Crippen LogP contribution in [0.1, 0.15) is 78.1 Å². The molecule has 0 radical (unpaired) electrons. The van der Waals surface area contributed by atoms with Crippen LogP contribution in [0.5, 0.6) is 0 Å². The van der Waals surface area contributed by atoms with Crippen LogP contribution >= 0.6 is 0 Å². The first kappa shape index (κ1) is 21.7. The van der Waals surface area contributed by atoms with Gasteiger partial charge in [-0.15, -0.1) is 0 Å². The molecule has 0 fully saturated rings. The Labute approximate surface area is 141 Å². The lowest BCUT2D eigenvalue weighted by molar-refractivity contribution is -0.137. The Bertz CT molecular complexity index is 340. The van der Waals surface area contributed by atoms with Gasteiger partial charge in [0, 0.05) is 19.5 Å². The second-order valence-corrected chi connectivity index (χ2v) is 6.77. The first-order valence-corrected chi connectivity index (χ1v) is 9.00. The van der Waals surface area contributed by atoms with E-state index in [9.17, 15) is 9.90 Å². The van der Waals surface area contributed by atoms with Gasteiger partial charge in [-0.25, -0.2) is 0 Å². The highest BCUT2D eigenvalue weighted by atomic mass is 16.4. The molecular weight excluding hydrogens is 292 g/mol. The Morgan fingerprint density at radius 2 is 1.61 bits per heavy atom. The number of aliphatic carboxylic acids is 1. The van der Waals surface area contributed by atoms with Crippen LogP contribution in [0.15, 0.2) is 0 Å². The Hall–Kier alpha value is -1.28. The molecular formula is C18H34N2O3. The number of hydrogen-bond donors (Lipinski definition) is 2. The van der Waals surface area contributed by atoms with Crippen LogP contribution in [0.2, 0.25) is 0 Å². The van der Waals surface area contributed by atoms with E-state index in [2.05, 4.69) is 20.0 Å². The van der Waals surface area contributed by atoms with Crippen molar-refractivity contribution in [3.63, 3.8) is 0 Å². The summed E-state index contributed by atoms with van der Waals surface area (Å²) in [6, 6.07) is 0. The van der Waals surface area contributed by atoms with Crippen molar-refractivity contribution in [3.05, 3.63) is 0 Å². The Morgan fingerprint density at radius 3 is 2.22 bits per heavy atom. The summed E-state index contributed by atoms with van der Waals surface area (Å²) in [5.41, 5.74) is 0. The summed E-state index contributed by atoms with van der Waals surface area (Å²) in [4.78, 5) is 12.1. The highest BCUT2D eigenvalue weighted by molar-refractivity contribution is 5.66. The van der Waals surface area contributed by atoms with Crippen molar-refractivity contribution in [2.24, 2.45) is 5.92 Å². The van der Waals surface area contributed by atoms with Crippen molar-refractivity contribution in [3.8, 4) is 6.19 Å². The van der Waals surface area contributed by atoms with Crippen LogP contribution in [0.25, 0.3) is 0 Å². The van der Waals surface area contributed by atoms with E-state index in [4.69, 9.17) is 10.4 Å². The predicted octanol–water partition coefficient (Wildman–Crippen LogP) is 3.77. The van der Waals surface area contributed by atoms with Crippen molar-refractivity contribution in [1.82, 2.24) is 4.90 Å². The summed E-state index contributed by atoms with van der Waals surface area (Å²) in [7, 11) is 0. The third kappa shape index (κ3) is 15.4. The van der Waals surface area contributed by atoms with Gasteiger partial charge < -0.3 is 15.1 Å². The molecule has 1 atom stereocenters. The molecule has 0 heterocycles. The second kappa shape index (κ2) is 14.3. The standard InChI is InChI=1S/C18H34N2O3/c1-16(2)9-7-10-17(21)11-8-14-20(15-19)13-6-4-3-5-12-18(22)23/h16-17,21H,3-14H2,1-2H3,(H,22,23). The second-order valence-electron chi connectivity index (χ2n) is 6.77. The number of nitriles is 1. The molecule has 1 unspecified atom stereocenters. The van der Waals surface area contributed by atoms with Gasteiger partial charge in [-0.05, 0) is 38.0 Å². The molecule has 0 aliphatic heterocycles. The summed E-state index contributed by atoms with van der Waals surface area (Å²) < 4.78 is 0. The predicted molar refractivity (Wildman–Crippen MR) is 91.8 cm³/mol. The normalized spacial score (nSPS) is 12.1. The van der Waals surface area contributed by atoms with E-state index < -0.39 is 5.97 Å². The molecule has 23 heavy (non-hydrogen) atoms. The third-order valence-corrected chi connectivity index (χ3v) is 3.99. The molecule has 0 saturated heterocycles. The first-order valence-electron chi connectivity index (χ1n) is 9.00. The van der Waals surface area contributed by atoms with Gasteiger partial charge in [-0.3, -0.25) is 4.79 Å². The van der Waals surface area contributed by atoms with E-state index in [-0.39, 0.29) is 12.5 Å². The van der Waals surface area contributed by atoms with Gasteiger partial charge in [0.1, 0.15) is 0 Å². The van der Waals surface area contributed by atoms with Crippen LogP contribution in [-0.2, 0) is 4.79 Å². The number of aliphatic hydroxyl groups excluding tert-OH is 1. The minimum atomic E-state index is -0.740. The van der Waals surface area contributed by atoms with Gasteiger partial charge in [0.05, 0.1) is 6.10 Å². The average molecular weight is 326 g/mol. The summed E-state index contributed by atoms with van der Waals surface area (Å²) in [5, 5.41) is 27.6. The average Bonchev–Trinajstić information content (AvgIpc) is 2.48. The zero-order valence-electron chi connectivity index (χ0n) is 14.8. The fraction of sp³-hybridized carbons (Fsp3) is 0.889. The third-order valence-electron chi connectivity index (χ3n) is 3.99. The van der Waals surface area contributed by atoms with E-state index in [0.29, 0.717) is 18.9 Å². The number of aliphatic hydroxyl groups is 1. The van der Waals surface area contributed by atoms with Crippen molar-refractivity contribution in [2.75, 3.05) is 13.1 Å². The molecule has 0 rings (SSSR count). The Kier molecular flexibility index (Phi) is 13.5. The van der Waals surface area contributed by atoms with E-state index in [1.165, 1.54) is 0 Å². The lowest BCUT2D eigenvalue weighted by atomic mass is 10.0. The highest BCUT2D eigenvalue weighted by Crippen LogP contribution is 2.12. The van der Waals surface area contributed by atoms with Gasteiger partial charge in [0.2, 0.25) is 0 Å². The SMILES string of the molecule is CC(C)CCCC(O)CCCN(C#N)CCCCCCC(=O)O. The number of carboxylic acid groups (broad SMARTS) is 1. The molecule has 0 aliphatic rings. The molecule has 0 aromatic heterocycles. The summed E-state index contributed by atoms with van der Waals surface area (Å²) in [6.07, 6.45) is 10.4. The number of nitrogens with zero attached hydrogens (tertiary/aromatic N) is 2. The van der Waals surface area contributed by atoms with Crippen LogP contribution < -0.4 is 0 Å². The fourth-order valence-corrected chi connectivity index (χ4v) is 2.57. The zero-order chi connectivity index (χ0) is 17.5. The summed E-state index contributed by atoms with van der Waals surface area (Å²) >= 11 is 0. The molecule has 0 aromatic rings. The lowest BCUT2D eigenvalue weighted by Crippen LogP contribution is -2.21. The summed E-state index contributed by atoms with van der Waals surface area (Å²) in [5.74, 6) is -0.0533. The van der Waals surface area contributed by atoms with Crippen LogP contribution in [0, 0.1) is 17.4 Å². The molecule has 0 aliphatic carbocycles. The van der Waals surface area contributed by atoms with Crippen molar-refractivity contribution < 1.29 is 15.0 Å². The fourth-order valence-electron chi connectivity index (χ4n) is 2.57. The van der Waals surface area contributed by atoms with E-state index in [0.717, 1.165) is 57.9 Å². The van der Waals surface area contributed by atoms with Gasteiger partial charge in [0.25, 0.3) is 0 Å². The highest BCUT2D eigenvalue weighted by Gasteiger charge is 2.07. The zero-order valence-corrected chi connectivity index (χ0v) is 14.8. The quantitative estimate of drug-likeness (QED) is 0.272. The van der Waals surface area contributed by atoms with Gasteiger partial charge in [0.15, 0.2) is 6.19 Å². The molecule has 0 aromatic carbocycles. The molecule has 134 valence electrons. The van der Waals surface area contributed by atoms with E-state index in [1.807, 2.05) is 0 Å². The lowest BCUT2D eigenvalue weighted by Gasteiger charge is -2.17. The van der Waals surface area contributed by atoms with Gasteiger partial charge >= 0.3 is 5.97 Å². The number of carbonyl (C=O) groups is 1. The number of unbranched alkanes of at least 4 members (excludes halogenated alkanes) is 3. The topological polar surface area (TPSA) is 84.6 Å². The number of hydrogen-bond acceptors (Lipinski definition) is 4. The van der Waals surface area contributed by atoms with Gasteiger partial charge in [-0.2, -0.15) is 5.26 Å². The monoisotopic (exact) mass is 326 g/mol. The molecule has 0 bridgehead atoms. The van der Waals surface area contributed by atoms with Gasteiger partial charge in [-0.1, -0.05) is 39.5 Å². The molecule has 0 spiro atoms. The Balaban J connectivity index is 3.58. The smallest absolute Gasteiger partial charge is 0.303 e. The molecule has 0 amide bonds. The first-order chi connectivity index (χ1) is 11.0. The molecule has 5 heteroatoms. The maximum Gasteiger partial charge on any atom is 0.303 e. The molecule has 2 N–H and O–H groups in total. The van der Waals surface area contributed by atoms with E-state index >= 15 is 0 Å². The van der Waals surface area contributed by atoms with E-state index in [1.54, 1.807) is 4.90 Å². The maximum absolute atomic E-state index is 10.4. The summed E-state index contributed by atoms with van der Waals surface area (Å²) in [6.45, 7) is 5.82. The van der Waals surface area contributed by atoms with Crippen LogP contribution in [-0.4, -0.2) is 40.3 Å². The van der Waals surface area contributed by atoms with Crippen molar-refractivity contribution in [2.45, 2.75) is 84.2 Å². The molecule has 5 nitrogen and oxygen atoms in total. The van der Waals surface area contributed by atoms with Crippen LogP contribution in [0.3, 0.4) is 0 Å². The van der Waals surface area contributed by atoms with Crippen molar-refractivity contribution >= 4 is 5.97 Å². The number of rotatable bonds is 15.